The smallest absolute Gasteiger partial charge is 0.240 e. The van der Waals surface area contributed by atoms with Gasteiger partial charge in [0.1, 0.15) is 0 Å². The minimum atomic E-state index is -3.50. The molecule has 0 spiro atoms. The predicted octanol–water partition coefficient (Wildman–Crippen LogP) is 2.67. The summed E-state index contributed by atoms with van der Waals surface area (Å²) in [4.78, 5) is 0.208. The molecule has 0 saturated heterocycles. The number of hydrogen-bond donors (Lipinski definition) is 2. The molecule has 1 aromatic rings. The molecule has 20 heavy (non-hydrogen) atoms. The van der Waals surface area contributed by atoms with Gasteiger partial charge in [0.05, 0.1) is 11.5 Å². The molecule has 0 heterocycles. The zero-order chi connectivity index (χ0) is 15.2. The lowest BCUT2D eigenvalue weighted by molar-refractivity contribution is 0.281. The first-order chi connectivity index (χ1) is 9.35. The van der Waals surface area contributed by atoms with E-state index < -0.39 is 10.0 Å². The second-order valence-corrected chi connectivity index (χ2v) is 7.37. The molecule has 0 bridgehead atoms. The van der Waals surface area contributed by atoms with Crippen LogP contribution < -0.4 is 4.72 Å². The lowest BCUT2D eigenvalue weighted by atomic mass is 10.0. The van der Waals surface area contributed by atoms with E-state index in [0.29, 0.717) is 11.5 Å². The third kappa shape index (κ3) is 5.61. The topological polar surface area (TPSA) is 66.4 Å². The standard InChI is InChI=1S/C15H25NO3S/c1-12(2)6-4-7-13(3)16-20(18,19)15-9-5-8-14(10-15)11-17/h5,8-10,12-13,16-17H,4,6-7,11H2,1-3H3. The van der Waals surface area contributed by atoms with Crippen LogP contribution in [0.5, 0.6) is 0 Å². The lowest BCUT2D eigenvalue weighted by Crippen LogP contribution is -2.32. The molecular formula is C15H25NO3S. The Kier molecular flexibility index (Phi) is 6.65. The molecule has 1 aromatic carbocycles. The molecule has 0 aliphatic heterocycles. The highest BCUT2D eigenvalue weighted by Gasteiger charge is 2.17. The van der Waals surface area contributed by atoms with E-state index in [1.165, 1.54) is 6.07 Å². The van der Waals surface area contributed by atoms with Crippen molar-refractivity contribution in [2.24, 2.45) is 5.92 Å². The molecule has 1 rings (SSSR count). The summed E-state index contributed by atoms with van der Waals surface area (Å²) < 4.78 is 27.1. The number of nitrogens with one attached hydrogen (secondary N) is 1. The van der Waals surface area contributed by atoms with Crippen LogP contribution in [0, 0.1) is 5.92 Å². The first-order valence-electron chi connectivity index (χ1n) is 7.07. The van der Waals surface area contributed by atoms with E-state index in [-0.39, 0.29) is 17.5 Å². The Morgan fingerprint density at radius 2 is 1.90 bits per heavy atom. The third-order valence-electron chi connectivity index (χ3n) is 3.17. The fraction of sp³-hybridized carbons (Fsp3) is 0.600. The van der Waals surface area contributed by atoms with Gasteiger partial charge < -0.3 is 5.11 Å². The van der Waals surface area contributed by atoms with Crippen molar-refractivity contribution in [3.05, 3.63) is 29.8 Å². The van der Waals surface area contributed by atoms with Crippen molar-refractivity contribution in [2.45, 2.75) is 57.6 Å². The van der Waals surface area contributed by atoms with Gasteiger partial charge in [0.25, 0.3) is 0 Å². The minimum absolute atomic E-state index is 0.0865. The van der Waals surface area contributed by atoms with Crippen molar-refractivity contribution >= 4 is 10.0 Å². The van der Waals surface area contributed by atoms with E-state index in [1.807, 2.05) is 6.92 Å². The molecule has 0 saturated carbocycles. The first-order valence-corrected chi connectivity index (χ1v) is 8.55. The van der Waals surface area contributed by atoms with Crippen molar-refractivity contribution in [1.82, 2.24) is 4.72 Å². The largest absolute Gasteiger partial charge is 0.392 e. The van der Waals surface area contributed by atoms with E-state index in [1.54, 1.807) is 18.2 Å². The van der Waals surface area contributed by atoms with Gasteiger partial charge in [-0.1, -0.05) is 38.8 Å². The second-order valence-electron chi connectivity index (χ2n) is 5.65. The average Bonchev–Trinajstić information content (AvgIpc) is 2.37. The van der Waals surface area contributed by atoms with Gasteiger partial charge in [-0.3, -0.25) is 0 Å². The Hall–Kier alpha value is -0.910. The maximum atomic E-state index is 12.2. The van der Waals surface area contributed by atoms with Gasteiger partial charge in [0.15, 0.2) is 0 Å². The molecular weight excluding hydrogens is 274 g/mol. The molecule has 1 atom stereocenters. The highest BCUT2D eigenvalue weighted by molar-refractivity contribution is 7.89. The van der Waals surface area contributed by atoms with Crippen LogP contribution in [0.15, 0.2) is 29.2 Å². The number of aliphatic hydroxyl groups excluding tert-OH is 1. The van der Waals surface area contributed by atoms with Crippen LogP contribution in [0.3, 0.4) is 0 Å². The summed E-state index contributed by atoms with van der Waals surface area (Å²) in [5.41, 5.74) is 0.598. The van der Waals surface area contributed by atoms with Crippen LogP contribution in [0.2, 0.25) is 0 Å². The molecule has 0 aliphatic carbocycles. The van der Waals surface area contributed by atoms with Crippen molar-refractivity contribution in [2.75, 3.05) is 0 Å². The Morgan fingerprint density at radius 3 is 2.50 bits per heavy atom. The Morgan fingerprint density at radius 1 is 1.20 bits per heavy atom. The molecule has 114 valence electrons. The van der Waals surface area contributed by atoms with Gasteiger partial charge in [-0.25, -0.2) is 13.1 Å². The molecule has 0 fully saturated rings. The van der Waals surface area contributed by atoms with Gasteiger partial charge in [-0.2, -0.15) is 0 Å². The van der Waals surface area contributed by atoms with Gasteiger partial charge in [0, 0.05) is 6.04 Å². The third-order valence-corrected chi connectivity index (χ3v) is 4.75. The SMILES string of the molecule is CC(C)CCCC(C)NS(=O)(=O)c1cccc(CO)c1. The van der Waals surface area contributed by atoms with Crippen molar-refractivity contribution in [3.8, 4) is 0 Å². The summed E-state index contributed by atoms with van der Waals surface area (Å²) in [5.74, 6) is 0.639. The van der Waals surface area contributed by atoms with E-state index >= 15 is 0 Å². The maximum Gasteiger partial charge on any atom is 0.240 e. The quantitative estimate of drug-likeness (QED) is 0.775. The van der Waals surface area contributed by atoms with Gasteiger partial charge in [-0.05, 0) is 37.0 Å². The molecule has 5 heteroatoms. The molecule has 2 N–H and O–H groups in total. The molecule has 0 radical (unpaired) electrons. The number of rotatable bonds is 8. The summed E-state index contributed by atoms with van der Waals surface area (Å²) in [6, 6.07) is 6.30. The summed E-state index contributed by atoms with van der Waals surface area (Å²) in [6.45, 7) is 6.05. The van der Waals surface area contributed by atoms with Crippen LogP contribution in [-0.4, -0.2) is 19.6 Å². The van der Waals surface area contributed by atoms with Crippen molar-refractivity contribution in [1.29, 1.82) is 0 Å². The van der Waals surface area contributed by atoms with Crippen LogP contribution in [0.4, 0.5) is 0 Å². The predicted molar refractivity (Wildman–Crippen MR) is 80.8 cm³/mol. The summed E-state index contributed by atoms with van der Waals surface area (Å²) in [5, 5.41) is 9.06. The van der Waals surface area contributed by atoms with Crippen LogP contribution in [0.25, 0.3) is 0 Å². The van der Waals surface area contributed by atoms with Gasteiger partial charge >= 0.3 is 0 Å². The number of sulfonamides is 1. The fourth-order valence-corrected chi connectivity index (χ4v) is 3.38. The molecule has 1 unspecified atom stereocenters. The van der Waals surface area contributed by atoms with Crippen molar-refractivity contribution in [3.63, 3.8) is 0 Å². The van der Waals surface area contributed by atoms with E-state index in [4.69, 9.17) is 5.11 Å². The van der Waals surface area contributed by atoms with Crippen molar-refractivity contribution < 1.29 is 13.5 Å². The lowest BCUT2D eigenvalue weighted by Gasteiger charge is -2.15. The van der Waals surface area contributed by atoms with Crippen LogP contribution >= 0.6 is 0 Å². The monoisotopic (exact) mass is 299 g/mol. The number of benzene rings is 1. The van der Waals surface area contributed by atoms with Crippen LogP contribution in [0.1, 0.15) is 45.6 Å². The number of aliphatic hydroxyl groups is 1. The first kappa shape index (κ1) is 17.1. The number of hydrogen-bond acceptors (Lipinski definition) is 3. The zero-order valence-corrected chi connectivity index (χ0v) is 13.3. The van der Waals surface area contributed by atoms with E-state index in [9.17, 15) is 8.42 Å². The average molecular weight is 299 g/mol. The maximum absolute atomic E-state index is 12.2. The van der Waals surface area contributed by atoms with Crippen LogP contribution in [-0.2, 0) is 16.6 Å². The van der Waals surface area contributed by atoms with E-state index in [0.717, 1.165) is 19.3 Å². The molecule has 0 amide bonds. The zero-order valence-electron chi connectivity index (χ0n) is 12.5. The molecule has 0 aliphatic rings. The Balaban J connectivity index is 2.64. The summed E-state index contributed by atoms with van der Waals surface area (Å²) in [7, 11) is -3.50. The highest BCUT2D eigenvalue weighted by Crippen LogP contribution is 2.14. The fourth-order valence-electron chi connectivity index (χ4n) is 2.04. The minimum Gasteiger partial charge on any atom is -0.392 e. The molecule has 0 aromatic heterocycles. The highest BCUT2D eigenvalue weighted by atomic mass is 32.2. The van der Waals surface area contributed by atoms with Gasteiger partial charge in [-0.15, -0.1) is 0 Å². The summed E-state index contributed by atoms with van der Waals surface area (Å²) >= 11 is 0. The van der Waals surface area contributed by atoms with E-state index in [2.05, 4.69) is 18.6 Å². The second kappa shape index (κ2) is 7.76. The molecule has 4 nitrogen and oxygen atoms in total. The van der Waals surface area contributed by atoms with Gasteiger partial charge in [0.2, 0.25) is 10.0 Å². The Bertz CT molecular complexity index is 512. The summed E-state index contributed by atoms with van der Waals surface area (Å²) in [6.07, 6.45) is 2.95. The normalized spacial score (nSPS) is 13.7. The Labute approximate surface area is 122 Å².